The second-order valence-electron chi connectivity index (χ2n) is 10.3. The zero-order valence-electron chi connectivity index (χ0n) is 23.3. The van der Waals surface area contributed by atoms with Gasteiger partial charge in [-0.2, -0.15) is 0 Å². The molecule has 0 aromatic heterocycles. The summed E-state index contributed by atoms with van der Waals surface area (Å²) in [7, 11) is 0. The van der Waals surface area contributed by atoms with Crippen molar-refractivity contribution in [1.82, 2.24) is 5.32 Å². The van der Waals surface area contributed by atoms with E-state index >= 15 is 0 Å². The topological polar surface area (TPSA) is 214 Å². The van der Waals surface area contributed by atoms with E-state index in [9.17, 15) is 44.4 Å². The number of hydrogen-bond acceptors (Lipinski definition) is 10. The van der Waals surface area contributed by atoms with Gasteiger partial charge in [0.1, 0.15) is 17.9 Å². The van der Waals surface area contributed by atoms with Gasteiger partial charge in [0.15, 0.2) is 11.6 Å². The van der Waals surface area contributed by atoms with Crippen molar-refractivity contribution in [3.05, 3.63) is 53.1 Å². The Balaban J connectivity index is 0.00000484. The molecule has 0 fully saturated rings. The number of Topliss-reactive ketones (excluding diaryl/α,β-unsaturated/α-hetero) is 2. The maximum atomic E-state index is 13.3. The van der Waals surface area contributed by atoms with Gasteiger partial charge in [0.25, 0.3) is 5.91 Å². The highest BCUT2D eigenvalue weighted by molar-refractivity contribution is 6.04. The van der Waals surface area contributed by atoms with Gasteiger partial charge in [-0.3, -0.25) is 24.0 Å². The molecule has 2 aromatic carbocycles. The number of primary amides is 1. The second kappa shape index (κ2) is 14.2. The van der Waals surface area contributed by atoms with Crippen LogP contribution in [0.2, 0.25) is 0 Å². The number of phenols is 1. The van der Waals surface area contributed by atoms with E-state index in [1.165, 1.54) is 6.07 Å². The molecule has 2 amide bonds. The number of rotatable bonds is 14. The zero-order chi connectivity index (χ0) is 31.0. The van der Waals surface area contributed by atoms with Gasteiger partial charge < -0.3 is 36.2 Å². The third kappa shape index (κ3) is 7.38. The normalized spacial score (nSPS) is 16.6. The Morgan fingerprint density at radius 2 is 1.90 bits per heavy atom. The number of carbonyl (C=O) groups is 5. The number of aliphatic hydroxyl groups is 3. The Morgan fingerprint density at radius 3 is 2.55 bits per heavy atom. The summed E-state index contributed by atoms with van der Waals surface area (Å²) in [5.74, 6) is -5.09. The van der Waals surface area contributed by atoms with Crippen molar-refractivity contribution in [2.75, 3.05) is 26.4 Å². The van der Waals surface area contributed by atoms with Crippen LogP contribution in [0.15, 0.2) is 36.4 Å². The van der Waals surface area contributed by atoms with Gasteiger partial charge in [-0.25, -0.2) is 0 Å². The molecule has 0 saturated heterocycles. The minimum absolute atomic E-state index is 0. The summed E-state index contributed by atoms with van der Waals surface area (Å²) < 4.78 is 4.82. The summed E-state index contributed by atoms with van der Waals surface area (Å²) >= 11 is 0. The molecule has 0 radical (unpaired) electrons. The predicted molar refractivity (Wildman–Crippen MR) is 154 cm³/mol. The molecule has 42 heavy (non-hydrogen) atoms. The van der Waals surface area contributed by atoms with Crippen molar-refractivity contribution in [3.8, 4) is 16.9 Å². The molecule has 2 unspecified atom stereocenters. The number of ketones is 2. The number of aromatic hydroxyl groups is 1. The van der Waals surface area contributed by atoms with Crippen LogP contribution in [0.25, 0.3) is 11.1 Å². The average Bonchev–Trinajstić information content (AvgIpc) is 2.95. The molecule has 230 valence electrons. The van der Waals surface area contributed by atoms with E-state index in [1.807, 2.05) is 0 Å². The largest absolute Gasteiger partial charge is 0.507 e. The van der Waals surface area contributed by atoms with Gasteiger partial charge in [0, 0.05) is 21.4 Å². The third-order valence-electron chi connectivity index (χ3n) is 7.50. The van der Waals surface area contributed by atoms with Crippen LogP contribution in [-0.2, 0) is 25.5 Å². The summed E-state index contributed by atoms with van der Waals surface area (Å²) in [4.78, 5) is 61.6. The van der Waals surface area contributed by atoms with Crippen LogP contribution in [0.1, 0.15) is 61.7 Å². The van der Waals surface area contributed by atoms with Crippen molar-refractivity contribution in [2.45, 2.75) is 44.6 Å². The minimum atomic E-state index is -2.35. The number of nitrogens with two attached hydrogens (primary N) is 1. The molecule has 2 aromatic rings. The van der Waals surface area contributed by atoms with Crippen molar-refractivity contribution in [3.63, 3.8) is 0 Å². The fourth-order valence-electron chi connectivity index (χ4n) is 5.48. The number of nitrogens with one attached hydrogen (secondary N) is 1. The Labute approximate surface area is 245 Å². The van der Waals surface area contributed by atoms with Crippen LogP contribution in [0, 0.1) is 11.8 Å². The number of carbonyl (C=O) groups excluding carboxylic acids is 5. The van der Waals surface area contributed by atoms with E-state index in [2.05, 4.69) is 5.32 Å². The first-order valence-corrected chi connectivity index (χ1v) is 13.6. The number of amides is 2. The monoisotopic (exact) mass is 588 g/mol. The number of ether oxygens (including phenoxy) is 1. The Morgan fingerprint density at radius 1 is 1.17 bits per heavy atom. The van der Waals surface area contributed by atoms with Crippen molar-refractivity contribution < 1.29 is 52.0 Å². The van der Waals surface area contributed by atoms with Crippen molar-refractivity contribution in [2.24, 2.45) is 17.6 Å². The molecular formula is C30H40N2O10. The SMILES string of the molecule is CCOC(=O)CNC(=O)c1cccc(-c2ccc(O)c3c2CC(CC(CCO)[C@](O)(CO)C(=O)CC(N)=O)CC3=O)c1.[HH].[HH]. The smallest absolute Gasteiger partial charge is 0.325 e. The minimum Gasteiger partial charge on any atom is -0.507 e. The number of esters is 1. The molecule has 0 spiro atoms. The van der Waals surface area contributed by atoms with Gasteiger partial charge in [0.2, 0.25) is 5.91 Å². The van der Waals surface area contributed by atoms with E-state index in [-0.39, 0.29) is 64.3 Å². The molecule has 1 aliphatic carbocycles. The van der Waals surface area contributed by atoms with Crippen LogP contribution in [0.4, 0.5) is 0 Å². The number of aliphatic hydroxyl groups excluding tert-OH is 2. The second-order valence-corrected chi connectivity index (χ2v) is 10.3. The lowest BCUT2D eigenvalue weighted by Gasteiger charge is -2.36. The van der Waals surface area contributed by atoms with Gasteiger partial charge in [-0.1, -0.05) is 18.2 Å². The molecule has 0 saturated carbocycles. The summed E-state index contributed by atoms with van der Waals surface area (Å²) in [5.41, 5.74) is 4.78. The molecule has 12 nitrogen and oxygen atoms in total. The number of hydrogen-bond donors (Lipinski definition) is 6. The molecular weight excluding hydrogens is 548 g/mol. The maximum absolute atomic E-state index is 13.3. The van der Waals surface area contributed by atoms with Crippen LogP contribution in [0.3, 0.4) is 0 Å². The molecule has 0 aliphatic heterocycles. The van der Waals surface area contributed by atoms with E-state index in [1.54, 1.807) is 37.3 Å². The zero-order valence-corrected chi connectivity index (χ0v) is 23.3. The van der Waals surface area contributed by atoms with Gasteiger partial charge in [-0.05, 0) is 72.9 Å². The summed E-state index contributed by atoms with van der Waals surface area (Å²) in [6, 6.07) is 9.52. The number of fused-ring (bicyclic) bond motifs is 1. The first kappa shape index (κ1) is 32.4. The molecule has 0 bridgehead atoms. The molecule has 12 heteroatoms. The molecule has 7 N–H and O–H groups in total. The van der Waals surface area contributed by atoms with E-state index in [0.29, 0.717) is 16.7 Å². The highest BCUT2D eigenvalue weighted by atomic mass is 16.5. The predicted octanol–water partition coefficient (Wildman–Crippen LogP) is 1.15. The first-order chi connectivity index (χ1) is 19.9. The summed E-state index contributed by atoms with van der Waals surface area (Å²) in [6.07, 6.45) is -0.647. The molecule has 3 rings (SSSR count). The lowest BCUT2D eigenvalue weighted by atomic mass is 9.71. The highest BCUT2D eigenvalue weighted by Gasteiger charge is 2.45. The Hall–Kier alpha value is -4.13. The van der Waals surface area contributed by atoms with Crippen LogP contribution >= 0.6 is 0 Å². The van der Waals surface area contributed by atoms with Crippen LogP contribution < -0.4 is 11.1 Å². The Kier molecular flexibility index (Phi) is 10.9. The van der Waals surface area contributed by atoms with Crippen LogP contribution in [0.5, 0.6) is 5.75 Å². The molecule has 0 heterocycles. The maximum Gasteiger partial charge on any atom is 0.325 e. The molecule has 3 atom stereocenters. The lowest BCUT2D eigenvalue weighted by molar-refractivity contribution is -0.153. The van der Waals surface area contributed by atoms with Crippen molar-refractivity contribution >= 4 is 29.4 Å². The van der Waals surface area contributed by atoms with Gasteiger partial charge in [0.05, 0.1) is 25.2 Å². The number of benzene rings is 2. The summed E-state index contributed by atoms with van der Waals surface area (Å²) in [5, 5.41) is 43.7. The summed E-state index contributed by atoms with van der Waals surface area (Å²) in [6.45, 7) is 0.0989. The number of phenolic OH excluding ortho intramolecular Hbond substituents is 1. The van der Waals surface area contributed by atoms with Gasteiger partial charge >= 0.3 is 5.97 Å². The average molecular weight is 589 g/mol. The van der Waals surface area contributed by atoms with E-state index in [0.717, 1.165) is 0 Å². The van der Waals surface area contributed by atoms with E-state index in [4.69, 9.17) is 10.5 Å². The lowest BCUT2D eigenvalue weighted by Crippen LogP contribution is -2.51. The van der Waals surface area contributed by atoms with Crippen LogP contribution in [-0.4, -0.2) is 81.7 Å². The fraction of sp³-hybridized carbons (Fsp3) is 0.433. The van der Waals surface area contributed by atoms with Crippen molar-refractivity contribution in [1.29, 1.82) is 0 Å². The first-order valence-electron chi connectivity index (χ1n) is 13.6. The molecule has 1 aliphatic rings. The highest BCUT2D eigenvalue weighted by Crippen LogP contribution is 2.41. The standard InChI is InChI=1S/C30H36N2O10.2H2/c1-2-42-27(39)15-32-29(40)19-5-3-4-18(13-19)21-6-7-23(35)28-22(21)11-17(12-24(28)36)10-20(8-9-33)30(41,16-34)25(37)14-26(31)38;;/h3-7,13,17,20,33-35,41H,2,8-12,14-16H2,1H3,(H2,31,38)(H,32,40);2*1H/t17?,20?,30-;;/m1../s1. The van der Waals surface area contributed by atoms with E-state index < -0.39 is 60.6 Å². The Bertz CT molecular complexity index is 1370. The van der Waals surface area contributed by atoms with Gasteiger partial charge in [-0.15, -0.1) is 0 Å². The quantitative estimate of drug-likeness (QED) is 0.137. The fourth-order valence-corrected chi connectivity index (χ4v) is 5.48. The third-order valence-corrected chi connectivity index (χ3v) is 7.50.